The molecule has 2 nitrogen and oxygen atoms in total. The number of hydrogen-bond donors (Lipinski definition) is 0. The van der Waals surface area contributed by atoms with Gasteiger partial charge in [-0.3, -0.25) is 4.79 Å². The highest BCUT2D eigenvalue weighted by Crippen LogP contribution is 2.48. The number of ketones is 1. The Morgan fingerprint density at radius 1 is 1.00 bits per heavy atom. The molecule has 0 heterocycles. The molecule has 0 amide bonds. The summed E-state index contributed by atoms with van der Waals surface area (Å²) in [4.78, 5) is 12.4. The average Bonchev–Trinajstić information content (AvgIpc) is 2.66. The Kier molecular flexibility index (Phi) is 6.72. The van der Waals surface area contributed by atoms with Gasteiger partial charge in [0.05, 0.1) is 6.07 Å². The molecule has 0 N–H and O–H groups in total. The van der Waals surface area contributed by atoms with Crippen LogP contribution in [0.2, 0.25) is 0 Å². The number of carbonyl (C=O) groups is 1. The Labute approximate surface area is 124 Å². The Morgan fingerprint density at radius 2 is 1.55 bits per heavy atom. The van der Waals surface area contributed by atoms with Crippen LogP contribution in [0.4, 0.5) is 0 Å². The van der Waals surface area contributed by atoms with Crippen LogP contribution < -0.4 is 0 Å². The predicted octanol–water partition coefficient (Wildman–Crippen LogP) is 5.42. The van der Waals surface area contributed by atoms with Crippen LogP contribution >= 0.6 is 0 Å². The lowest BCUT2D eigenvalue weighted by atomic mass is 9.77. The van der Waals surface area contributed by atoms with Gasteiger partial charge in [0, 0.05) is 5.41 Å². The molecule has 1 saturated carbocycles. The Morgan fingerprint density at radius 3 is 2.00 bits per heavy atom. The van der Waals surface area contributed by atoms with Crippen molar-refractivity contribution in [2.45, 2.75) is 91.4 Å². The highest BCUT2D eigenvalue weighted by atomic mass is 16.1. The van der Waals surface area contributed by atoms with Crippen LogP contribution in [0.3, 0.4) is 0 Å². The van der Waals surface area contributed by atoms with Crippen molar-refractivity contribution in [2.75, 3.05) is 0 Å². The molecule has 1 aliphatic carbocycles. The largest absolute Gasteiger partial charge is 0.297 e. The lowest BCUT2D eigenvalue weighted by molar-refractivity contribution is -0.130. The van der Waals surface area contributed by atoms with Crippen LogP contribution in [0.1, 0.15) is 91.4 Å². The van der Waals surface area contributed by atoms with Gasteiger partial charge < -0.3 is 0 Å². The van der Waals surface area contributed by atoms with Crippen molar-refractivity contribution in [1.82, 2.24) is 0 Å². The first kappa shape index (κ1) is 17.2. The molecule has 1 atom stereocenters. The number of nitriles is 1. The van der Waals surface area contributed by atoms with E-state index in [0.717, 1.165) is 25.7 Å². The predicted molar refractivity (Wildman–Crippen MR) is 83.3 cm³/mol. The molecule has 0 bridgehead atoms. The summed E-state index contributed by atoms with van der Waals surface area (Å²) in [6, 6.07) is 2.35. The molecule has 20 heavy (non-hydrogen) atoms. The van der Waals surface area contributed by atoms with Crippen molar-refractivity contribution in [3.63, 3.8) is 0 Å². The van der Waals surface area contributed by atoms with Gasteiger partial charge in [0.1, 0.15) is 5.41 Å². The second-order valence-corrected chi connectivity index (χ2v) is 7.13. The molecule has 0 aromatic heterocycles. The summed E-state index contributed by atoms with van der Waals surface area (Å²) in [5, 5.41) is 9.45. The van der Waals surface area contributed by atoms with Crippen LogP contribution in [-0.2, 0) is 4.79 Å². The third-order valence-electron chi connectivity index (χ3n) is 4.90. The van der Waals surface area contributed by atoms with E-state index in [1.54, 1.807) is 0 Å². The van der Waals surface area contributed by atoms with Gasteiger partial charge in [-0.25, -0.2) is 0 Å². The maximum absolute atomic E-state index is 12.4. The molecular formula is C18H31NO. The van der Waals surface area contributed by atoms with Gasteiger partial charge in [-0.2, -0.15) is 5.26 Å². The van der Waals surface area contributed by atoms with Gasteiger partial charge in [0.25, 0.3) is 0 Å². The van der Waals surface area contributed by atoms with Gasteiger partial charge in [0.2, 0.25) is 0 Å². The van der Waals surface area contributed by atoms with E-state index in [1.807, 2.05) is 13.8 Å². The molecule has 1 unspecified atom stereocenters. The molecule has 114 valence electrons. The number of rotatable bonds is 9. The van der Waals surface area contributed by atoms with Crippen LogP contribution in [0, 0.1) is 22.2 Å². The minimum absolute atomic E-state index is 0.190. The summed E-state index contributed by atoms with van der Waals surface area (Å²) in [7, 11) is 0. The molecule has 1 aliphatic rings. The molecule has 0 aromatic carbocycles. The van der Waals surface area contributed by atoms with Gasteiger partial charge in [0.15, 0.2) is 5.78 Å². The maximum Gasteiger partial charge on any atom is 0.158 e. The summed E-state index contributed by atoms with van der Waals surface area (Å²) in [6.45, 7) is 6.21. The van der Waals surface area contributed by atoms with Gasteiger partial charge in [-0.1, -0.05) is 72.1 Å². The van der Waals surface area contributed by atoms with Crippen molar-refractivity contribution in [1.29, 1.82) is 5.26 Å². The summed E-state index contributed by atoms with van der Waals surface area (Å²) in [6.07, 6.45) is 12.5. The van der Waals surface area contributed by atoms with E-state index in [9.17, 15) is 10.1 Å². The standard InChI is InChI=1S/C18H31NO/c1-4-5-6-7-8-9-10-11-12-18(15-19)14-13-17(2,3)16(18)20/h4-14H2,1-3H3. The third-order valence-corrected chi connectivity index (χ3v) is 4.90. The quantitative estimate of drug-likeness (QED) is 0.528. The summed E-state index contributed by atoms with van der Waals surface area (Å²) < 4.78 is 0. The summed E-state index contributed by atoms with van der Waals surface area (Å²) in [5.41, 5.74) is -0.943. The summed E-state index contributed by atoms with van der Waals surface area (Å²) in [5.74, 6) is 0.190. The van der Waals surface area contributed by atoms with Crippen molar-refractivity contribution < 1.29 is 4.79 Å². The Bertz CT molecular complexity index is 353. The Hall–Kier alpha value is -0.840. The fourth-order valence-electron chi connectivity index (χ4n) is 3.36. The Balaban J connectivity index is 2.24. The first-order valence-corrected chi connectivity index (χ1v) is 8.45. The van der Waals surface area contributed by atoms with Crippen LogP contribution in [-0.4, -0.2) is 5.78 Å². The molecule has 1 rings (SSSR count). The molecule has 0 aromatic rings. The molecule has 1 fully saturated rings. The van der Waals surface area contributed by atoms with E-state index < -0.39 is 5.41 Å². The molecule has 0 aliphatic heterocycles. The molecule has 0 saturated heterocycles. The van der Waals surface area contributed by atoms with Crippen molar-refractivity contribution >= 4 is 5.78 Å². The lowest BCUT2D eigenvalue weighted by Crippen LogP contribution is -2.31. The molecular weight excluding hydrogens is 246 g/mol. The molecule has 0 spiro atoms. The number of Topliss-reactive ketones (excluding diaryl/α,β-unsaturated/α-hetero) is 1. The van der Waals surface area contributed by atoms with Crippen LogP contribution in [0.15, 0.2) is 0 Å². The van der Waals surface area contributed by atoms with E-state index in [1.165, 1.54) is 44.9 Å². The average molecular weight is 277 g/mol. The van der Waals surface area contributed by atoms with E-state index in [2.05, 4.69) is 13.0 Å². The number of carbonyl (C=O) groups excluding carboxylic acids is 1. The SMILES string of the molecule is CCCCCCCCCCC1(C#N)CCC(C)(C)C1=O. The zero-order chi connectivity index (χ0) is 15.1. The van der Waals surface area contributed by atoms with E-state index in [4.69, 9.17) is 0 Å². The number of unbranched alkanes of at least 4 members (excludes halogenated alkanes) is 7. The highest BCUT2D eigenvalue weighted by molar-refractivity contribution is 5.94. The van der Waals surface area contributed by atoms with Gasteiger partial charge in [-0.05, 0) is 19.3 Å². The fourth-order valence-corrected chi connectivity index (χ4v) is 3.36. The van der Waals surface area contributed by atoms with Crippen LogP contribution in [0.25, 0.3) is 0 Å². The minimum Gasteiger partial charge on any atom is -0.297 e. The van der Waals surface area contributed by atoms with Gasteiger partial charge >= 0.3 is 0 Å². The van der Waals surface area contributed by atoms with E-state index >= 15 is 0 Å². The first-order valence-electron chi connectivity index (χ1n) is 8.45. The fraction of sp³-hybridized carbons (Fsp3) is 0.889. The molecule has 2 heteroatoms. The third kappa shape index (κ3) is 4.33. The highest BCUT2D eigenvalue weighted by Gasteiger charge is 2.51. The zero-order valence-electron chi connectivity index (χ0n) is 13.6. The van der Waals surface area contributed by atoms with E-state index in [0.29, 0.717) is 0 Å². The summed E-state index contributed by atoms with van der Waals surface area (Å²) >= 11 is 0. The topological polar surface area (TPSA) is 40.9 Å². The first-order chi connectivity index (χ1) is 9.48. The van der Waals surface area contributed by atoms with E-state index in [-0.39, 0.29) is 11.2 Å². The minimum atomic E-state index is -0.661. The second kappa shape index (κ2) is 7.81. The van der Waals surface area contributed by atoms with Crippen molar-refractivity contribution in [2.24, 2.45) is 10.8 Å². The van der Waals surface area contributed by atoms with Crippen LogP contribution in [0.5, 0.6) is 0 Å². The number of nitrogens with zero attached hydrogens (tertiary/aromatic N) is 1. The van der Waals surface area contributed by atoms with Crippen molar-refractivity contribution in [3.8, 4) is 6.07 Å². The number of hydrogen-bond acceptors (Lipinski definition) is 2. The normalized spacial score (nSPS) is 24.8. The second-order valence-electron chi connectivity index (χ2n) is 7.13. The smallest absolute Gasteiger partial charge is 0.158 e. The van der Waals surface area contributed by atoms with Crippen molar-refractivity contribution in [3.05, 3.63) is 0 Å². The lowest BCUT2D eigenvalue weighted by Gasteiger charge is -2.22. The van der Waals surface area contributed by atoms with Gasteiger partial charge in [-0.15, -0.1) is 0 Å². The monoisotopic (exact) mass is 277 g/mol. The molecule has 0 radical (unpaired) electrons. The maximum atomic E-state index is 12.4. The zero-order valence-corrected chi connectivity index (χ0v) is 13.6.